The van der Waals surface area contributed by atoms with Gasteiger partial charge in [0.25, 0.3) is 0 Å². The summed E-state index contributed by atoms with van der Waals surface area (Å²) in [6.07, 6.45) is 0.860. The zero-order valence-corrected chi connectivity index (χ0v) is 15.5. The summed E-state index contributed by atoms with van der Waals surface area (Å²) in [7, 11) is -1.90. The lowest BCUT2D eigenvalue weighted by Crippen LogP contribution is -2.44. The minimum Gasteiger partial charge on any atom is -0.493 e. The van der Waals surface area contributed by atoms with Crippen LogP contribution in [0, 0.1) is 5.92 Å². The van der Waals surface area contributed by atoms with Gasteiger partial charge in [0.2, 0.25) is 10.0 Å². The summed E-state index contributed by atoms with van der Waals surface area (Å²) >= 11 is 1.79. The smallest absolute Gasteiger partial charge is 0.240 e. The van der Waals surface area contributed by atoms with Gasteiger partial charge in [-0.3, -0.25) is 0 Å². The second kappa shape index (κ2) is 7.88. The van der Waals surface area contributed by atoms with Crippen molar-refractivity contribution in [2.24, 2.45) is 5.92 Å². The minimum atomic E-state index is -3.54. The quantitative estimate of drug-likeness (QED) is 0.773. The number of hydrogen-bond acceptors (Lipinski definition) is 5. The Kier molecular flexibility index (Phi) is 6.36. The largest absolute Gasteiger partial charge is 0.493 e. The van der Waals surface area contributed by atoms with Crippen LogP contribution in [0.15, 0.2) is 29.2 Å². The van der Waals surface area contributed by atoms with E-state index in [1.807, 2.05) is 0 Å². The number of ether oxygens (including phenoxy) is 2. The van der Waals surface area contributed by atoms with E-state index in [-0.39, 0.29) is 4.90 Å². The second-order valence-electron chi connectivity index (χ2n) is 6.19. The number of sulfonamides is 1. The molecule has 0 amide bonds. The van der Waals surface area contributed by atoms with Gasteiger partial charge in [-0.05, 0) is 42.4 Å². The van der Waals surface area contributed by atoms with E-state index in [0.717, 1.165) is 17.9 Å². The average Bonchev–Trinajstić information content (AvgIpc) is 3.01. The van der Waals surface area contributed by atoms with Gasteiger partial charge in [-0.25, -0.2) is 13.1 Å². The maximum Gasteiger partial charge on any atom is 0.240 e. The molecule has 5 nitrogen and oxygen atoms in total. The molecular formula is C16H25NO4S2. The number of methoxy groups -OCH3 is 1. The Morgan fingerprint density at radius 3 is 2.52 bits per heavy atom. The maximum absolute atomic E-state index is 12.4. The third-order valence-corrected chi connectivity index (χ3v) is 6.44. The van der Waals surface area contributed by atoms with E-state index in [4.69, 9.17) is 9.47 Å². The molecule has 1 aliphatic heterocycles. The monoisotopic (exact) mass is 359 g/mol. The SMILES string of the molecule is CO[C@]1(CNS(=O)(=O)c2ccc(OCC(C)C)cc2)CCSC1. The van der Waals surface area contributed by atoms with Gasteiger partial charge in [-0.15, -0.1) is 0 Å². The minimum absolute atomic E-state index is 0.242. The molecule has 7 heteroatoms. The molecule has 130 valence electrons. The first-order chi connectivity index (χ1) is 10.9. The lowest BCUT2D eigenvalue weighted by molar-refractivity contribution is 0.0179. The summed E-state index contributed by atoms with van der Waals surface area (Å²) in [5, 5.41) is 0. The topological polar surface area (TPSA) is 64.6 Å². The van der Waals surface area contributed by atoms with Crippen molar-refractivity contribution in [1.82, 2.24) is 4.72 Å². The standard InChI is InChI=1S/C16H25NO4S2/c1-13(2)10-21-14-4-6-15(7-5-14)23(18,19)17-11-16(20-3)8-9-22-12-16/h4-7,13,17H,8-12H2,1-3H3/t16-/m0/s1. The van der Waals surface area contributed by atoms with Gasteiger partial charge in [0, 0.05) is 19.4 Å². The molecular weight excluding hydrogens is 334 g/mol. The maximum atomic E-state index is 12.4. The van der Waals surface area contributed by atoms with Crippen molar-refractivity contribution >= 4 is 21.8 Å². The molecule has 0 unspecified atom stereocenters. The Morgan fingerprint density at radius 1 is 1.30 bits per heavy atom. The highest BCUT2D eigenvalue weighted by Crippen LogP contribution is 2.30. The van der Waals surface area contributed by atoms with Crippen LogP contribution in [0.25, 0.3) is 0 Å². The molecule has 1 aromatic carbocycles. The summed E-state index contributed by atoms with van der Waals surface area (Å²) in [6.45, 7) is 5.04. The van der Waals surface area contributed by atoms with Crippen LogP contribution in [0.2, 0.25) is 0 Å². The normalized spacial score (nSPS) is 21.7. The summed E-state index contributed by atoms with van der Waals surface area (Å²) in [4.78, 5) is 0.242. The Labute approximate surface area is 143 Å². The molecule has 2 rings (SSSR count). The van der Waals surface area contributed by atoms with Gasteiger partial charge in [0.1, 0.15) is 5.75 Å². The van der Waals surface area contributed by atoms with E-state index in [1.54, 1.807) is 43.1 Å². The molecule has 1 heterocycles. The van der Waals surface area contributed by atoms with Gasteiger partial charge < -0.3 is 9.47 Å². The van der Waals surface area contributed by atoms with Crippen LogP contribution in [0.5, 0.6) is 5.75 Å². The van der Waals surface area contributed by atoms with Gasteiger partial charge >= 0.3 is 0 Å². The molecule has 1 fully saturated rings. The molecule has 0 bridgehead atoms. The molecule has 0 aromatic heterocycles. The summed E-state index contributed by atoms with van der Waals surface area (Å²) in [6, 6.07) is 6.52. The number of benzene rings is 1. The second-order valence-corrected chi connectivity index (χ2v) is 9.06. The van der Waals surface area contributed by atoms with E-state index in [0.29, 0.717) is 24.8 Å². The van der Waals surface area contributed by atoms with Crippen molar-refractivity contribution in [3.05, 3.63) is 24.3 Å². The number of hydrogen-bond donors (Lipinski definition) is 1. The van der Waals surface area contributed by atoms with Crippen LogP contribution >= 0.6 is 11.8 Å². The number of thioether (sulfide) groups is 1. The molecule has 23 heavy (non-hydrogen) atoms. The fraction of sp³-hybridized carbons (Fsp3) is 0.625. The zero-order chi connectivity index (χ0) is 16.9. The molecule has 1 N–H and O–H groups in total. The Morgan fingerprint density at radius 2 is 2.00 bits per heavy atom. The van der Waals surface area contributed by atoms with E-state index < -0.39 is 15.6 Å². The van der Waals surface area contributed by atoms with Gasteiger partial charge in [-0.2, -0.15) is 11.8 Å². The van der Waals surface area contributed by atoms with Crippen molar-refractivity contribution in [1.29, 1.82) is 0 Å². The summed E-state index contributed by atoms with van der Waals surface area (Å²) < 4.78 is 38.6. The molecule has 0 aliphatic carbocycles. The Hall–Kier alpha value is -0.760. The van der Waals surface area contributed by atoms with E-state index in [2.05, 4.69) is 18.6 Å². The summed E-state index contributed by atoms with van der Waals surface area (Å²) in [5.41, 5.74) is -0.391. The molecule has 0 radical (unpaired) electrons. The van der Waals surface area contributed by atoms with Crippen molar-refractivity contribution in [2.75, 3.05) is 31.8 Å². The van der Waals surface area contributed by atoms with Crippen molar-refractivity contribution < 1.29 is 17.9 Å². The first-order valence-corrected chi connectivity index (χ1v) is 10.4. The van der Waals surface area contributed by atoms with Crippen LogP contribution in [0.1, 0.15) is 20.3 Å². The lowest BCUT2D eigenvalue weighted by atomic mass is 10.0. The van der Waals surface area contributed by atoms with E-state index in [1.165, 1.54) is 0 Å². The third-order valence-electron chi connectivity index (χ3n) is 3.80. The highest BCUT2D eigenvalue weighted by molar-refractivity contribution is 7.99. The first kappa shape index (κ1) is 18.6. The highest BCUT2D eigenvalue weighted by atomic mass is 32.2. The number of rotatable bonds is 8. The first-order valence-electron chi connectivity index (χ1n) is 7.72. The van der Waals surface area contributed by atoms with Crippen LogP contribution in [0.3, 0.4) is 0 Å². The molecule has 1 aromatic rings. The molecule has 1 saturated heterocycles. The van der Waals surface area contributed by atoms with Gasteiger partial charge in [0.15, 0.2) is 0 Å². The number of nitrogens with one attached hydrogen (secondary N) is 1. The molecule has 0 spiro atoms. The van der Waals surface area contributed by atoms with Crippen molar-refractivity contribution in [3.8, 4) is 5.75 Å². The zero-order valence-electron chi connectivity index (χ0n) is 13.9. The van der Waals surface area contributed by atoms with Crippen molar-refractivity contribution in [2.45, 2.75) is 30.8 Å². The molecule has 1 atom stereocenters. The molecule has 1 aliphatic rings. The molecule has 0 saturated carbocycles. The van der Waals surface area contributed by atoms with E-state index in [9.17, 15) is 8.42 Å². The lowest BCUT2D eigenvalue weighted by Gasteiger charge is -2.26. The highest BCUT2D eigenvalue weighted by Gasteiger charge is 2.35. The van der Waals surface area contributed by atoms with Gasteiger partial charge in [0.05, 0.1) is 17.1 Å². The fourth-order valence-corrected chi connectivity index (χ4v) is 4.76. The van der Waals surface area contributed by atoms with Gasteiger partial charge in [-0.1, -0.05) is 13.8 Å². The van der Waals surface area contributed by atoms with Crippen LogP contribution in [-0.4, -0.2) is 45.8 Å². The third kappa shape index (κ3) is 5.11. The Bertz CT molecular complexity index is 593. The predicted octanol–water partition coefficient (Wildman–Crippen LogP) is 2.52. The van der Waals surface area contributed by atoms with Crippen LogP contribution in [-0.2, 0) is 14.8 Å². The fourth-order valence-electron chi connectivity index (χ4n) is 2.25. The predicted molar refractivity (Wildman–Crippen MR) is 93.6 cm³/mol. The van der Waals surface area contributed by atoms with Crippen LogP contribution < -0.4 is 9.46 Å². The van der Waals surface area contributed by atoms with Crippen molar-refractivity contribution in [3.63, 3.8) is 0 Å². The summed E-state index contributed by atoms with van der Waals surface area (Å²) in [5.74, 6) is 2.92. The Balaban J connectivity index is 1.99. The average molecular weight is 360 g/mol. The van der Waals surface area contributed by atoms with Crippen LogP contribution in [0.4, 0.5) is 0 Å². The van der Waals surface area contributed by atoms with E-state index >= 15 is 0 Å².